The van der Waals surface area contributed by atoms with Crippen LogP contribution >= 0.6 is 0 Å². The number of carbonyl (C=O) groups excluding carboxylic acids is 1. The van der Waals surface area contributed by atoms with Gasteiger partial charge in [-0.3, -0.25) is 14.7 Å². The third kappa shape index (κ3) is 1.90. The van der Waals surface area contributed by atoms with Crippen LogP contribution in [0.15, 0.2) is 21.8 Å². The van der Waals surface area contributed by atoms with Gasteiger partial charge in [0.05, 0.1) is 5.71 Å². The zero-order chi connectivity index (χ0) is 11.5. The first kappa shape index (κ1) is 11.0. The van der Waals surface area contributed by atoms with Crippen molar-refractivity contribution in [1.29, 1.82) is 0 Å². The van der Waals surface area contributed by atoms with Crippen LogP contribution < -0.4 is 5.32 Å². The predicted molar refractivity (Wildman–Crippen MR) is 63.8 cm³/mol. The van der Waals surface area contributed by atoms with E-state index in [0.29, 0.717) is 12.4 Å². The lowest BCUT2D eigenvalue weighted by molar-refractivity contribution is -0.114. The van der Waals surface area contributed by atoms with Crippen LogP contribution in [0.4, 0.5) is 0 Å². The van der Waals surface area contributed by atoms with E-state index >= 15 is 0 Å². The smallest absolute Gasteiger partial charge is 0.273 e. The fourth-order valence-electron chi connectivity index (χ4n) is 1.84. The fourth-order valence-corrected chi connectivity index (χ4v) is 1.84. The maximum Gasteiger partial charge on any atom is 0.273 e. The molecule has 0 atom stereocenters. The Labute approximate surface area is 94.9 Å². The molecule has 2 heterocycles. The number of aliphatic imine (C=N–C) groups is 2. The molecule has 0 saturated heterocycles. The number of hydrogen-bond acceptors (Lipinski definition) is 4. The van der Waals surface area contributed by atoms with Crippen molar-refractivity contribution in [3.05, 3.63) is 11.8 Å². The van der Waals surface area contributed by atoms with Gasteiger partial charge in [-0.25, -0.2) is 4.99 Å². The number of nitrogens with zero attached hydrogens (tertiary/aromatic N) is 3. The van der Waals surface area contributed by atoms with Crippen LogP contribution in [0.1, 0.15) is 13.8 Å². The molecule has 86 valence electrons. The Balaban J connectivity index is 2.10. The number of nitrogens with one attached hydrogen (secondary N) is 1. The largest absolute Gasteiger partial charge is 0.331 e. The zero-order valence-electron chi connectivity index (χ0n) is 9.66. The summed E-state index contributed by atoms with van der Waals surface area (Å²) >= 11 is 0. The van der Waals surface area contributed by atoms with E-state index in [-0.39, 0.29) is 5.91 Å². The van der Waals surface area contributed by atoms with Crippen LogP contribution in [0.2, 0.25) is 0 Å². The summed E-state index contributed by atoms with van der Waals surface area (Å²) in [6.45, 7) is 7.40. The molecule has 0 aromatic carbocycles. The molecule has 0 bridgehead atoms. The highest BCUT2D eigenvalue weighted by atomic mass is 16.2. The summed E-state index contributed by atoms with van der Waals surface area (Å²) < 4.78 is 0. The van der Waals surface area contributed by atoms with Gasteiger partial charge in [0.15, 0.2) is 5.71 Å². The summed E-state index contributed by atoms with van der Waals surface area (Å²) in [6.07, 6.45) is 1.76. The van der Waals surface area contributed by atoms with E-state index in [1.165, 1.54) is 0 Å². The highest BCUT2D eigenvalue weighted by Gasteiger charge is 2.28. The molecule has 0 fully saturated rings. The quantitative estimate of drug-likeness (QED) is 0.735. The molecule has 0 saturated carbocycles. The van der Waals surface area contributed by atoms with E-state index in [4.69, 9.17) is 0 Å². The molecule has 0 aromatic heterocycles. The number of carbonyl (C=O) groups is 1. The molecule has 0 unspecified atom stereocenters. The van der Waals surface area contributed by atoms with Crippen LogP contribution in [0.25, 0.3) is 0 Å². The maximum absolute atomic E-state index is 11.5. The number of fused-ring (bicyclic) bond motifs is 1. The molecule has 0 aromatic rings. The third-order valence-electron chi connectivity index (χ3n) is 2.86. The first-order valence-electron chi connectivity index (χ1n) is 5.58. The number of rotatable bonds is 4. The predicted octanol–water partition coefficient (Wildman–Crippen LogP) is 0.195. The van der Waals surface area contributed by atoms with Crippen molar-refractivity contribution in [2.75, 3.05) is 26.3 Å². The molecule has 0 spiro atoms. The molecule has 0 aliphatic carbocycles. The van der Waals surface area contributed by atoms with Gasteiger partial charge < -0.3 is 5.32 Å². The molecule has 1 N–H and O–H groups in total. The summed E-state index contributed by atoms with van der Waals surface area (Å²) in [5, 5.41) is 2.65. The average Bonchev–Trinajstić information content (AvgIpc) is 2.71. The van der Waals surface area contributed by atoms with Gasteiger partial charge in [0.2, 0.25) is 0 Å². The summed E-state index contributed by atoms with van der Waals surface area (Å²) in [5.74, 6) is -0.115. The maximum atomic E-state index is 11.5. The van der Waals surface area contributed by atoms with Crippen molar-refractivity contribution >= 4 is 17.3 Å². The summed E-state index contributed by atoms with van der Waals surface area (Å²) in [5.41, 5.74) is 2.29. The average molecular weight is 220 g/mol. The minimum Gasteiger partial charge on any atom is -0.331 e. The molecular weight excluding hydrogens is 204 g/mol. The molecule has 2 aliphatic rings. The van der Waals surface area contributed by atoms with Gasteiger partial charge in [-0.2, -0.15) is 0 Å². The Morgan fingerprint density at radius 2 is 2.12 bits per heavy atom. The second kappa shape index (κ2) is 4.57. The lowest BCUT2D eigenvalue weighted by Crippen LogP contribution is -2.41. The Bertz CT molecular complexity index is 391. The lowest BCUT2D eigenvalue weighted by Gasteiger charge is -2.20. The second-order valence-corrected chi connectivity index (χ2v) is 3.76. The topological polar surface area (TPSA) is 57.1 Å². The van der Waals surface area contributed by atoms with Crippen LogP contribution in [-0.4, -0.2) is 48.5 Å². The zero-order valence-corrected chi connectivity index (χ0v) is 9.66. The minimum atomic E-state index is -0.115. The SMILES string of the molecule is CCN(CC)CC1=CN=C2C(=O)NCN=C12. The van der Waals surface area contributed by atoms with Crippen molar-refractivity contribution in [3.63, 3.8) is 0 Å². The molecular formula is C11H16N4O. The van der Waals surface area contributed by atoms with E-state index in [0.717, 1.165) is 30.9 Å². The Morgan fingerprint density at radius 3 is 2.81 bits per heavy atom. The molecule has 2 rings (SSSR count). The Kier molecular flexibility index (Phi) is 3.14. The van der Waals surface area contributed by atoms with Gasteiger partial charge in [-0.1, -0.05) is 13.8 Å². The number of hydrogen-bond donors (Lipinski definition) is 1. The van der Waals surface area contributed by atoms with Crippen LogP contribution in [0.5, 0.6) is 0 Å². The normalized spacial score (nSPS) is 18.9. The minimum absolute atomic E-state index is 0.115. The van der Waals surface area contributed by atoms with Crippen molar-refractivity contribution in [3.8, 4) is 0 Å². The van der Waals surface area contributed by atoms with E-state index in [9.17, 15) is 4.79 Å². The van der Waals surface area contributed by atoms with Crippen molar-refractivity contribution in [2.24, 2.45) is 9.98 Å². The molecule has 5 nitrogen and oxygen atoms in total. The third-order valence-corrected chi connectivity index (χ3v) is 2.86. The van der Waals surface area contributed by atoms with Crippen molar-refractivity contribution < 1.29 is 4.79 Å². The van der Waals surface area contributed by atoms with Gasteiger partial charge in [0.25, 0.3) is 5.91 Å². The molecule has 5 heteroatoms. The standard InChI is InChI=1S/C11H16N4O/c1-3-15(4-2)6-8-5-12-10-9(8)13-7-14-11(10)16/h5H,3-4,6-7H2,1-2H3,(H,14,16). The van der Waals surface area contributed by atoms with Crippen molar-refractivity contribution in [1.82, 2.24) is 10.2 Å². The van der Waals surface area contributed by atoms with Crippen molar-refractivity contribution in [2.45, 2.75) is 13.8 Å². The highest BCUT2D eigenvalue weighted by Crippen LogP contribution is 2.13. The van der Waals surface area contributed by atoms with Gasteiger partial charge in [0, 0.05) is 18.3 Å². The molecule has 0 radical (unpaired) electrons. The first-order chi connectivity index (χ1) is 7.76. The molecule has 1 amide bonds. The van der Waals surface area contributed by atoms with Gasteiger partial charge in [-0.15, -0.1) is 0 Å². The second-order valence-electron chi connectivity index (χ2n) is 3.76. The highest BCUT2D eigenvalue weighted by molar-refractivity contribution is 6.71. The summed E-state index contributed by atoms with van der Waals surface area (Å²) in [7, 11) is 0. The van der Waals surface area contributed by atoms with Gasteiger partial charge in [-0.05, 0) is 13.1 Å². The van der Waals surface area contributed by atoms with E-state index in [1.807, 2.05) is 0 Å². The van der Waals surface area contributed by atoms with Gasteiger partial charge >= 0.3 is 0 Å². The monoisotopic (exact) mass is 220 g/mol. The molecule has 2 aliphatic heterocycles. The summed E-state index contributed by atoms with van der Waals surface area (Å²) in [6, 6.07) is 0. The first-order valence-corrected chi connectivity index (χ1v) is 5.58. The van der Waals surface area contributed by atoms with Crippen LogP contribution in [0.3, 0.4) is 0 Å². The Morgan fingerprint density at radius 1 is 1.38 bits per heavy atom. The van der Waals surface area contributed by atoms with Crippen LogP contribution in [-0.2, 0) is 4.79 Å². The lowest BCUT2D eigenvalue weighted by atomic mass is 10.1. The van der Waals surface area contributed by atoms with E-state index in [2.05, 4.69) is 34.0 Å². The Hall–Kier alpha value is -1.49. The van der Waals surface area contributed by atoms with Crippen LogP contribution in [0, 0.1) is 0 Å². The number of amides is 1. The number of likely N-dealkylation sites (N-methyl/N-ethyl adjacent to an activating group) is 1. The van der Waals surface area contributed by atoms with E-state index < -0.39 is 0 Å². The van der Waals surface area contributed by atoms with Gasteiger partial charge in [0.1, 0.15) is 6.67 Å². The van der Waals surface area contributed by atoms with E-state index in [1.54, 1.807) is 6.20 Å². The fraction of sp³-hybridized carbons (Fsp3) is 0.545. The molecule has 16 heavy (non-hydrogen) atoms. The summed E-state index contributed by atoms with van der Waals surface area (Å²) in [4.78, 5) is 22.2.